The summed E-state index contributed by atoms with van der Waals surface area (Å²) in [4.78, 5) is 28.7. The van der Waals surface area contributed by atoms with Crippen LogP contribution in [0.15, 0.2) is 35.2 Å². The Kier molecular flexibility index (Phi) is 2.86. The second-order valence-corrected chi connectivity index (χ2v) is 5.53. The molecule has 3 rings (SSSR count). The van der Waals surface area contributed by atoms with E-state index >= 15 is 0 Å². The molecule has 4 nitrogen and oxygen atoms in total. The summed E-state index contributed by atoms with van der Waals surface area (Å²) in [5.74, 6) is -0.941. The lowest BCUT2D eigenvalue weighted by atomic mass is 9.98. The molecule has 0 fully saturated rings. The Labute approximate surface area is 118 Å². The van der Waals surface area contributed by atoms with Gasteiger partial charge in [0.1, 0.15) is 5.69 Å². The number of Topliss-reactive ketones (excluding diaryl/α,β-unsaturated/α-hetero) is 2. The predicted octanol–water partition coefficient (Wildman–Crippen LogP) is 2.42. The van der Waals surface area contributed by atoms with E-state index in [1.165, 1.54) is 0 Å². The van der Waals surface area contributed by atoms with Gasteiger partial charge in [-0.15, -0.1) is 0 Å². The Morgan fingerprint density at radius 1 is 1.47 bits per heavy atom. The molecule has 0 spiro atoms. The number of ketones is 2. The second-order valence-electron chi connectivity index (χ2n) is 4.68. The van der Waals surface area contributed by atoms with Gasteiger partial charge in [0.2, 0.25) is 0 Å². The summed E-state index contributed by atoms with van der Waals surface area (Å²) in [7, 11) is 1.80. The highest BCUT2D eigenvalue weighted by Crippen LogP contribution is 2.33. The average molecular weight is 319 g/mol. The molecule has 19 heavy (non-hydrogen) atoms. The van der Waals surface area contributed by atoms with Gasteiger partial charge in [0.25, 0.3) is 0 Å². The fourth-order valence-electron chi connectivity index (χ4n) is 2.41. The molecule has 1 aliphatic carbocycles. The van der Waals surface area contributed by atoms with Crippen molar-refractivity contribution in [3.8, 4) is 0 Å². The summed E-state index contributed by atoms with van der Waals surface area (Å²) in [6.07, 6.45) is 3.66. The third-order valence-corrected chi connectivity index (χ3v) is 4.13. The third-order valence-electron chi connectivity index (χ3n) is 3.38. The largest absolute Gasteiger partial charge is 0.340 e. The number of benzene rings is 1. The van der Waals surface area contributed by atoms with Gasteiger partial charge >= 0.3 is 0 Å². The number of carbonyl (C=O) groups excluding carboxylic acids is 2. The third kappa shape index (κ3) is 1.94. The first-order valence-electron chi connectivity index (χ1n) is 5.91. The lowest BCUT2D eigenvalue weighted by Gasteiger charge is -2.03. The number of rotatable bonds is 2. The number of fused-ring (bicyclic) bond motifs is 1. The molecule has 5 heteroatoms. The summed E-state index contributed by atoms with van der Waals surface area (Å²) >= 11 is 3.43. The van der Waals surface area contributed by atoms with Crippen molar-refractivity contribution < 1.29 is 9.59 Å². The molecule has 0 amide bonds. The Morgan fingerprint density at radius 2 is 2.26 bits per heavy atom. The topological polar surface area (TPSA) is 52.0 Å². The molecule has 2 aromatic rings. The monoisotopic (exact) mass is 318 g/mol. The van der Waals surface area contributed by atoms with E-state index in [1.807, 2.05) is 12.1 Å². The summed E-state index contributed by atoms with van der Waals surface area (Å²) in [5, 5.41) is 0. The van der Waals surface area contributed by atoms with E-state index in [9.17, 15) is 9.59 Å². The van der Waals surface area contributed by atoms with Gasteiger partial charge < -0.3 is 4.57 Å². The minimum absolute atomic E-state index is 0.105. The number of aromatic nitrogens is 2. The van der Waals surface area contributed by atoms with Crippen LogP contribution in [0.4, 0.5) is 0 Å². The number of nitrogens with zero attached hydrogens (tertiary/aromatic N) is 2. The molecule has 0 aliphatic heterocycles. The smallest absolute Gasteiger partial charge is 0.193 e. The molecule has 1 heterocycles. The van der Waals surface area contributed by atoms with Crippen LogP contribution in [-0.4, -0.2) is 21.1 Å². The van der Waals surface area contributed by atoms with E-state index in [0.29, 0.717) is 17.7 Å². The SMILES string of the molecule is Cn1cnc(C(=O)C2Cc3c(Br)cccc3C2=O)c1. The Morgan fingerprint density at radius 3 is 2.89 bits per heavy atom. The first-order valence-corrected chi connectivity index (χ1v) is 6.71. The zero-order chi connectivity index (χ0) is 13.6. The quantitative estimate of drug-likeness (QED) is 0.631. The number of halogens is 1. The Balaban J connectivity index is 1.96. The number of hydrogen-bond acceptors (Lipinski definition) is 3. The standard InChI is InChI=1S/C14H11BrN2O2/c1-17-6-12(16-7-17)14(19)10-5-9-8(13(10)18)3-2-4-11(9)15/h2-4,6-7,10H,5H2,1H3. The highest BCUT2D eigenvalue weighted by molar-refractivity contribution is 9.10. The van der Waals surface area contributed by atoms with Gasteiger partial charge in [0, 0.05) is 23.3 Å². The van der Waals surface area contributed by atoms with Crippen LogP contribution < -0.4 is 0 Å². The van der Waals surface area contributed by atoms with E-state index in [2.05, 4.69) is 20.9 Å². The summed E-state index contributed by atoms with van der Waals surface area (Å²) in [6.45, 7) is 0. The molecule has 1 unspecified atom stereocenters. The van der Waals surface area contributed by atoms with Crippen molar-refractivity contribution in [2.75, 3.05) is 0 Å². The first kappa shape index (κ1) is 12.3. The highest BCUT2D eigenvalue weighted by atomic mass is 79.9. The maximum atomic E-state index is 12.3. The molecular formula is C14H11BrN2O2. The second kappa shape index (κ2) is 4.42. The van der Waals surface area contributed by atoms with Gasteiger partial charge in [-0.3, -0.25) is 9.59 Å². The molecule has 0 saturated carbocycles. The van der Waals surface area contributed by atoms with Gasteiger partial charge in [-0.25, -0.2) is 4.98 Å². The average Bonchev–Trinajstić information content (AvgIpc) is 2.95. The fraction of sp³-hybridized carbons (Fsp3) is 0.214. The molecule has 1 atom stereocenters. The van der Waals surface area contributed by atoms with E-state index in [-0.39, 0.29) is 11.6 Å². The lowest BCUT2D eigenvalue weighted by molar-refractivity contribution is 0.0819. The zero-order valence-electron chi connectivity index (χ0n) is 10.3. The van der Waals surface area contributed by atoms with Crippen molar-refractivity contribution >= 4 is 27.5 Å². The molecule has 96 valence electrons. The number of imidazole rings is 1. The van der Waals surface area contributed by atoms with Crippen LogP contribution in [0.2, 0.25) is 0 Å². The van der Waals surface area contributed by atoms with Crippen molar-refractivity contribution in [1.82, 2.24) is 9.55 Å². The van der Waals surface area contributed by atoms with Crippen molar-refractivity contribution in [3.05, 3.63) is 52.0 Å². The normalized spacial score (nSPS) is 17.6. The van der Waals surface area contributed by atoms with Crippen LogP contribution in [0.25, 0.3) is 0 Å². The molecule has 0 radical (unpaired) electrons. The molecule has 1 aromatic carbocycles. The van der Waals surface area contributed by atoms with E-state index in [4.69, 9.17) is 0 Å². The molecule has 1 aliphatic rings. The molecular weight excluding hydrogens is 308 g/mol. The maximum absolute atomic E-state index is 12.3. The molecule has 0 N–H and O–H groups in total. The summed E-state index contributed by atoms with van der Waals surface area (Å²) in [5.41, 5.74) is 1.91. The molecule has 0 bridgehead atoms. The van der Waals surface area contributed by atoms with Crippen LogP contribution >= 0.6 is 15.9 Å². The molecule has 0 saturated heterocycles. The minimum Gasteiger partial charge on any atom is -0.340 e. The fourth-order valence-corrected chi connectivity index (χ4v) is 2.94. The Hall–Kier alpha value is -1.75. The highest BCUT2D eigenvalue weighted by Gasteiger charge is 2.37. The number of aryl methyl sites for hydroxylation is 1. The van der Waals surface area contributed by atoms with Crippen LogP contribution in [0.5, 0.6) is 0 Å². The van der Waals surface area contributed by atoms with Crippen molar-refractivity contribution in [3.63, 3.8) is 0 Å². The van der Waals surface area contributed by atoms with Gasteiger partial charge in [-0.1, -0.05) is 28.1 Å². The maximum Gasteiger partial charge on any atom is 0.193 e. The van der Waals surface area contributed by atoms with Gasteiger partial charge in [0.05, 0.1) is 12.2 Å². The van der Waals surface area contributed by atoms with Crippen LogP contribution in [0.3, 0.4) is 0 Å². The summed E-state index contributed by atoms with van der Waals surface area (Å²) in [6, 6.07) is 5.47. The van der Waals surface area contributed by atoms with Crippen molar-refractivity contribution in [2.45, 2.75) is 6.42 Å². The van der Waals surface area contributed by atoms with Gasteiger partial charge in [-0.2, -0.15) is 0 Å². The van der Waals surface area contributed by atoms with E-state index in [1.54, 1.807) is 30.2 Å². The number of carbonyl (C=O) groups is 2. The van der Waals surface area contributed by atoms with Crippen molar-refractivity contribution in [1.29, 1.82) is 0 Å². The summed E-state index contributed by atoms with van der Waals surface area (Å²) < 4.78 is 2.59. The van der Waals surface area contributed by atoms with Crippen LogP contribution in [0, 0.1) is 5.92 Å². The van der Waals surface area contributed by atoms with Gasteiger partial charge in [0.15, 0.2) is 11.6 Å². The van der Waals surface area contributed by atoms with E-state index in [0.717, 1.165) is 10.0 Å². The predicted molar refractivity (Wildman–Crippen MR) is 73.2 cm³/mol. The van der Waals surface area contributed by atoms with Crippen molar-refractivity contribution in [2.24, 2.45) is 13.0 Å². The zero-order valence-corrected chi connectivity index (χ0v) is 11.8. The Bertz CT molecular complexity index is 691. The first-order chi connectivity index (χ1) is 9.08. The van der Waals surface area contributed by atoms with Crippen LogP contribution in [0.1, 0.15) is 26.4 Å². The van der Waals surface area contributed by atoms with E-state index < -0.39 is 5.92 Å². The molecule has 1 aromatic heterocycles. The van der Waals surface area contributed by atoms with Crippen LogP contribution in [-0.2, 0) is 13.5 Å². The lowest BCUT2D eigenvalue weighted by Crippen LogP contribution is -2.21. The van der Waals surface area contributed by atoms with Gasteiger partial charge in [-0.05, 0) is 18.1 Å². The number of hydrogen-bond donors (Lipinski definition) is 0. The minimum atomic E-state index is -0.636.